The van der Waals surface area contributed by atoms with Crippen molar-refractivity contribution < 1.29 is 13.5 Å². The van der Waals surface area contributed by atoms with E-state index in [0.717, 1.165) is 17.1 Å². The second kappa shape index (κ2) is 8.38. The van der Waals surface area contributed by atoms with Crippen molar-refractivity contribution in [3.05, 3.63) is 29.8 Å². The first-order valence-electron chi connectivity index (χ1n) is 6.41. The predicted octanol–water partition coefficient (Wildman–Crippen LogP) is 4.08. The molecule has 2 nitrogen and oxygen atoms in total. The molecular formula is C14H21F2NOS. The molecule has 1 rings (SSSR count). The lowest BCUT2D eigenvalue weighted by molar-refractivity contribution is -0.0499. The van der Waals surface area contributed by atoms with Crippen molar-refractivity contribution in [1.82, 2.24) is 5.32 Å². The first kappa shape index (κ1) is 16.2. The normalized spacial score (nSPS) is 14.4. The lowest BCUT2D eigenvalue weighted by Crippen LogP contribution is -2.30. The largest absolute Gasteiger partial charge is 0.435 e. The van der Waals surface area contributed by atoms with Crippen LogP contribution in [0, 0.1) is 0 Å². The van der Waals surface area contributed by atoms with Crippen LogP contribution in [0.3, 0.4) is 0 Å². The summed E-state index contributed by atoms with van der Waals surface area (Å²) in [4.78, 5) is 0. The molecule has 0 saturated heterocycles. The highest BCUT2D eigenvalue weighted by Crippen LogP contribution is 2.21. The minimum Gasteiger partial charge on any atom is -0.435 e. The Morgan fingerprint density at radius 3 is 2.68 bits per heavy atom. The standard InChI is InChI=1S/C14H21F2NOS/c1-4-19-9-10(2)17-11(3)12-6-5-7-13(8-12)18-14(15)16/h5-8,10-11,14,17H,4,9H2,1-3H3. The Morgan fingerprint density at radius 1 is 1.32 bits per heavy atom. The van der Waals surface area contributed by atoms with Crippen molar-refractivity contribution in [1.29, 1.82) is 0 Å². The molecule has 0 aliphatic carbocycles. The van der Waals surface area contributed by atoms with E-state index >= 15 is 0 Å². The van der Waals surface area contributed by atoms with Crippen molar-refractivity contribution in [2.45, 2.75) is 39.5 Å². The van der Waals surface area contributed by atoms with Gasteiger partial charge in [0.05, 0.1) is 0 Å². The van der Waals surface area contributed by atoms with Crippen LogP contribution in [-0.4, -0.2) is 24.2 Å². The lowest BCUT2D eigenvalue weighted by atomic mass is 10.1. The van der Waals surface area contributed by atoms with E-state index in [-0.39, 0.29) is 11.8 Å². The van der Waals surface area contributed by atoms with E-state index in [1.807, 2.05) is 24.8 Å². The van der Waals surface area contributed by atoms with Gasteiger partial charge in [0.25, 0.3) is 0 Å². The molecule has 1 aromatic carbocycles. The third kappa shape index (κ3) is 6.25. The lowest BCUT2D eigenvalue weighted by Gasteiger charge is -2.20. The van der Waals surface area contributed by atoms with Crippen LogP contribution in [0.2, 0.25) is 0 Å². The number of ether oxygens (including phenoxy) is 1. The van der Waals surface area contributed by atoms with Crippen molar-refractivity contribution in [2.75, 3.05) is 11.5 Å². The van der Waals surface area contributed by atoms with Gasteiger partial charge in [-0.2, -0.15) is 20.5 Å². The van der Waals surface area contributed by atoms with Gasteiger partial charge in [-0.15, -0.1) is 0 Å². The molecule has 0 amide bonds. The number of hydrogen-bond acceptors (Lipinski definition) is 3. The van der Waals surface area contributed by atoms with Gasteiger partial charge < -0.3 is 10.1 Å². The van der Waals surface area contributed by atoms with Gasteiger partial charge in [0.1, 0.15) is 5.75 Å². The molecule has 5 heteroatoms. The van der Waals surface area contributed by atoms with Crippen molar-refractivity contribution >= 4 is 11.8 Å². The van der Waals surface area contributed by atoms with E-state index in [1.165, 1.54) is 0 Å². The second-order valence-electron chi connectivity index (χ2n) is 4.40. The van der Waals surface area contributed by atoms with Gasteiger partial charge in [0.2, 0.25) is 0 Å². The number of nitrogens with one attached hydrogen (secondary N) is 1. The minimum atomic E-state index is -2.78. The van der Waals surface area contributed by atoms with Gasteiger partial charge in [-0.1, -0.05) is 19.1 Å². The molecule has 0 aromatic heterocycles. The molecule has 0 fully saturated rings. The number of rotatable bonds is 8. The van der Waals surface area contributed by atoms with Gasteiger partial charge in [-0.3, -0.25) is 0 Å². The number of hydrogen-bond donors (Lipinski definition) is 1. The van der Waals surface area contributed by atoms with Crippen molar-refractivity contribution in [2.24, 2.45) is 0 Å². The zero-order chi connectivity index (χ0) is 14.3. The monoisotopic (exact) mass is 289 g/mol. The molecule has 2 atom stereocenters. The van der Waals surface area contributed by atoms with Crippen LogP contribution in [0.15, 0.2) is 24.3 Å². The summed E-state index contributed by atoms with van der Waals surface area (Å²) in [6.45, 7) is 3.50. The zero-order valence-corrected chi connectivity index (χ0v) is 12.3. The molecule has 0 saturated carbocycles. The zero-order valence-electron chi connectivity index (χ0n) is 11.5. The molecule has 1 N–H and O–H groups in total. The molecule has 0 heterocycles. The average molecular weight is 289 g/mol. The van der Waals surface area contributed by atoms with Crippen LogP contribution < -0.4 is 10.1 Å². The smallest absolute Gasteiger partial charge is 0.387 e. The molecule has 0 spiro atoms. The molecular weight excluding hydrogens is 268 g/mol. The van der Waals surface area contributed by atoms with Crippen molar-refractivity contribution in [3.63, 3.8) is 0 Å². The number of alkyl halides is 2. The molecule has 1 aromatic rings. The molecule has 19 heavy (non-hydrogen) atoms. The fourth-order valence-electron chi connectivity index (χ4n) is 1.83. The van der Waals surface area contributed by atoms with Crippen LogP contribution in [-0.2, 0) is 0 Å². The first-order chi connectivity index (χ1) is 9.02. The van der Waals surface area contributed by atoms with E-state index < -0.39 is 6.61 Å². The highest BCUT2D eigenvalue weighted by molar-refractivity contribution is 7.99. The topological polar surface area (TPSA) is 21.3 Å². The molecule has 108 valence electrons. The van der Waals surface area contributed by atoms with Gasteiger partial charge in [0.15, 0.2) is 0 Å². The van der Waals surface area contributed by atoms with Crippen LogP contribution in [0.4, 0.5) is 8.78 Å². The van der Waals surface area contributed by atoms with Crippen LogP contribution in [0.5, 0.6) is 5.75 Å². The fraction of sp³-hybridized carbons (Fsp3) is 0.571. The maximum atomic E-state index is 12.2. The third-order valence-electron chi connectivity index (χ3n) is 2.69. The summed E-state index contributed by atoms with van der Waals surface area (Å²) in [5.41, 5.74) is 0.950. The highest BCUT2D eigenvalue weighted by Gasteiger charge is 2.11. The summed E-state index contributed by atoms with van der Waals surface area (Å²) >= 11 is 1.88. The first-order valence-corrected chi connectivity index (χ1v) is 7.57. The van der Waals surface area contributed by atoms with Crippen LogP contribution >= 0.6 is 11.8 Å². The Morgan fingerprint density at radius 2 is 2.05 bits per heavy atom. The molecule has 0 aliphatic rings. The van der Waals surface area contributed by atoms with Crippen molar-refractivity contribution in [3.8, 4) is 5.75 Å². The number of benzene rings is 1. The van der Waals surface area contributed by atoms with Crippen LogP contribution in [0.1, 0.15) is 32.4 Å². The van der Waals surface area contributed by atoms with Crippen LogP contribution in [0.25, 0.3) is 0 Å². The van der Waals surface area contributed by atoms with Gasteiger partial charge in [-0.25, -0.2) is 0 Å². The Hall–Kier alpha value is -0.810. The third-order valence-corrected chi connectivity index (χ3v) is 3.83. The molecule has 0 bridgehead atoms. The Labute approximate surface area is 117 Å². The molecule has 0 aliphatic heterocycles. The highest BCUT2D eigenvalue weighted by atomic mass is 32.2. The fourth-order valence-corrected chi connectivity index (χ4v) is 2.51. The SMILES string of the molecule is CCSCC(C)NC(C)c1cccc(OC(F)F)c1. The summed E-state index contributed by atoms with van der Waals surface area (Å²) in [6, 6.07) is 7.32. The van der Waals surface area contributed by atoms with E-state index in [0.29, 0.717) is 6.04 Å². The summed E-state index contributed by atoms with van der Waals surface area (Å²) in [5, 5.41) is 3.45. The van der Waals surface area contributed by atoms with E-state index in [1.54, 1.807) is 18.2 Å². The molecule has 2 unspecified atom stereocenters. The predicted molar refractivity (Wildman–Crippen MR) is 77.1 cm³/mol. The van der Waals surface area contributed by atoms with E-state index in [9.17, 15) is 8.78 Å². The summed E-state index contributed by atoms with van der Waals surface area (Å²) < 4.78 is 28.7. The summed E-state index contributed by atoms with van der Waals surface area (Å²) in [5.74, 6) is 2.34. The Kier molecular flexibility index (Phi) is 7.16. The second-order valence-corrected chi connectivity index (χ2v) is 5.72. The van der Waals surface area contributed by atoms with E-state index in [4.69, 9.17) is 0 Å². The summed E-state index contributed by atoms with van der Waals surface area (Å²) in [6.07, 6.45) is 0. The quantitative estimate of drug-likeness (QED) is 0.779. The Balaban J connectivity index is 2.58. The average Bonchev–Trinajstić information content (AvgIpc) is 2.35. The number of thioether (sulfide) groups is 1. The maximum Gasteiger partial charge on any atom is 0.387 e. The Bertz CT molecular complexity index is 376. The van der Waals surface area contributed by atoms with E-state index in [2.05, 4.69) is 23.9 Å². The number of halogens is 2. The summed E-state index contributed by atoms with van der Waals surface area (Å²) in [7, 11) is 0. The minimum absolute atomic E-state index is 0.105. The van der Waals surface area contributed by atoms with Gasteiger partial charge in [-0.05, 0) is 37.3 Å². The van der Waals surface area contributed by atoms with Gasteiger partial charge in [0, 0.05) is 17.8 Å². The van der Waals surface area contributed by atoms with Gasteiger partial charge >= 0.3 is 6.61 Å². The maximum absolute atomic E-state index is 12.2. The molecule has 0 radical (unpaired) electrons.